The molecule has 11 heteroatoms. The van der Waals surface area contributed by atoms with Crippen LogP contribution in [0.3, 0.4) is 0 Å². The van der Waals surface area contributed by atoms with Gasteiger partial charge in [0.25, 0.3) is 0 Å². The predicted octanol–water partition coefficient (Wildman–Crippen LogP) is 2.87. The molecule has 6 rings (SSSR count). The van der Waals surface area contributed by atoms with E-state index in [1.54, 1.807) is 43.0 Å². The lowest BCUT2D eigenvalue weighted by Gasteiger charge is -2.47. The summed E-state index contributed by atoms with van der Waals surface area (Å²) in [4.78, 5) is 68.7. The van der Waals surface area contributed by atoms with Crippen molar-refractivity contribution >= 4 is 52.5 Å². The van der Waals surface area contributed by atoms with E-state index in [0.717, 1.165) is 21.2 Å². The van der Waals surface area contributed by atoms with Gasteiger partial charge in [0.15, 0.2) is 0 Å². The van der Waals surface area contributed by atoms with E-state index in [4.69, 9.17) is 4.74 Å². The molecule has 2 bridgehead atoms. The third-order valence-electron chi connectivity index (χ3n) is 8.46. The van der Waals surface area contributed by atoms with Crippen LogP contribution in [0.25, 0.3) is 0 Å². The molecule has 0 radical (unpaired) electrons. The number of H-pyrrole nitrogens is 1. The fraction of sp³-hybridized carbons (Fsp3) is 0.500. The zero-order chi connectivity index (χ0) is 26.2. The van der Waals surface area contributed by atoms with Crippen LogP contribution >= 0.6 is 23.1 Å². The maximum absolute atomic E-state index is 13.5. The molecule has 0 unspecified atom stereocenters. The Bertz CT molecular complexity index is 1380. The summed E-state index contributed by atoms with van der Waals surface area (Å²) in [5.41, 5.74) is 0.555. The first kappa shape index (κ1) is 24.4. The number of anilines is 1. The van der Waals surface area contributed by atoms with Gasteiger partial charge in [-0.05, 0) is 55.4 Å². The number of carbonyl (C=O) groups excluding carboxylic acids is 4. The van der Waals surface area contributed by atoms with Gasteiger partial charge in [0, 0.05) is 21.2 Å². The van der Waals surface area contributed by atoms with Crippen LogP contribution in [0.1, 0.15) is 42.4 Å². The van der Waals surface area contributed by atoms with Gasteiger partial charge in [-0.3, -0.25) is 24.1 Å². The molecule has 0 spiro atoms. The smallest absolute Gasteiger partial charge is 0.338 e. The summed E-state index contributed by atoms with van der Waals surface area (Å²) in [5.74, 6) is -1.99. The molecule has 2 aromatic rings. The molecule has 194 valence electrons. The number of fused-ring (bicyclic) bond motifs is 9. The SMILES string of the molecule is CCOC(=O)c1ccc(NC(=O)CN2C(=O)[C@@H]3[C@H]4C[C@@H]([C@@H]3C2=O)[C@H]2[C@H]4Sc3[nH]c(=O)sc3C2(C)C)cc1. The highest BCUT2D eigenvalue weighted by molar-refractivity contribution is 8.00. The molecule has 2 aliphatic heterocycles. The monoisotopic (exact) mass is 541 g/mol. The average molecular weight is 542 g/mol. The van der Waals surface area contributed by atoms with E-state index >= 15 is 0 Å². The molecule has 6 atom stereocenters. The number of nitrogens with one attached hydrogen (secondary N) is 2. The van der Waals surface area contributed by atoms with Gasteiger partial charge < -0.3 is 15.0 Å². The number of hydrogen-bond donors (Lipinski definition) is 2. The fourth-order valence-electron chi connectivity index (χ4n) is 7.12. The zero-order valence-electron chi connectivity index (χ0n) is 20.6. The molecule has 2 aliphatic carbocycles. The van der Waals surface area contributed by atoms with Crippen molar-refractivity contribution in [3.63, 3.8) is 0 Å². The van der Waals surface area contributed by atoms with Crippen LogP contribution in [0.15, 0.2) is 34.1 Å². The van der Waals surface area contributed by atoms with Crippen molar-refractivity contribution in [3.8, 4) is 0 Å². The number of esters is 1. The molecular formula is C26H27N3O6S2. The molecule has 4 aliphatic rings. The number of benzene rings is 1. The molecule has 37 heavy (non-hydrogen) atoms. The molecule has 1 aromatic heterocycles. The Labute approximate surface area is 221 Å². The van der Waals surface area contributed by atoms with E-state index < -0.39 is 23.7 Å². The van der Waals surface area contributed by atoms with Gasteiger partial charge in [0.1, 0.15) is 6.54 Å². The fourth-order valence-corrected chi connectivity index (χ4v) is 10.3. The number of amides is 3. The molecule has 2 saturated carbocycles. The number of thioether (sulfide) groups is 1. The van der Waals surface area contributed by atoms with Crippen molar-refractivity contribution < 1.29 is 23.9 Å². The molecule has 2 N–H and O–H groups in total. The third-order valence-corrected chi connectivity index (χ3v) is 11.3. The summed E-state index contributed by atoms with van der Waals surface area (Å²) in [6.07, 6.45) is 0.824. The Morgan fingerprint density at radius 1 is 1.11 bits per heavy atom. The minimum absolute atomic E-state index is 0.0424. The second-order valence-electron chi connectivity index (χ2n) is 10.7. The van der Waals surface area contributed by atoms with Crippen LogP contribution in [0.4, 0.5) is 5.69 Å². The molecule has 9 nitrogen and oxygen atoms in total. The summed E-state index contributed by atoms with van der Waals surface area (Å²) in [5, 5.41) is 3.77. The van der Waals surface area contributed by atoms with E-state index in [1.165, 1.54) is 11.3 Å². The highest BCUT2D eigenvalue weighted by Crippen LogP contribution is 2.68. The second kappa shape index (κ2) is 8.56. The minimum Gasteiger partial charge on any atom is -0.462 e. The highest BCUT2D eigenvalue weighted by atomic mass is 32.2. The molecule has 1 saturated heterocycles. The van der Waals surface area contributed by atoms with Crippen molar-refractivity contribution in [3.05, 3.63) is 44.4 Å². The number of aromatic amines is 1. The van der Waals surface area contributed by atoms with Gasteiger partial charge in [0.2, 0.25) is 17.7 Å². The zero-order valence-corrected chi connectivity index (χ0v) is 22.2. The van der Waals surface area contributed by atoms with E-state index in [1.807, 2.05) is 0 Å². The van der Waals surface area contributed by atoms with E-state index in [-0.39, 0.29) is 58.3 Å². The lowest BCUT2D eigenvalue weighted by Crippen LogP contribution is -2.48. The molecule has 3 fully saturated rings. The van der Waals surface area contributed by atoms with Crippen molar-refractivity contribution in [1.82, 2.24) is 9.88 Å². The van der Waals surface area contributed by atoms with Crippen molar-refractivity contribution in [2.24, 2.45) is 29.6 Å². The molecular weight excluding hydrogens is 514 g/mol. The van der Waals surface area contributed by atoms with Crippen molar-refractivity contribution in [1.29, 1.82) is 0 Å². The Balaban J connectivity index is 1.18. The first-order valence-corrected chi connectivity index (χ1v) is 14.1. The van der Waals surface area contributed by atoms with E-state index in [9.17, 15) is 24.0 Å². The Kier molecular flexibility index (Phi) is 5.65. The van der Waals surface area contributed by atoms with Gasteiger partial charge in [0.05, 0.1) is 29.0 Å². The summed E-state index contributed by atoms with van der Waals surface area (Å²) in [6, 6.07) is 6.27. The summed E-state index contributed by atoms with van der Waals surface area (Å²) < 4.78 is 4.96. The largest absolute Gasteiger partial charge is 0.462 e. The summed E-state index contributed by atoms with van der Waals surface area (Å²) >= 11 is 2.89. The Morgan fingerprint density at radius 2 is 1.78 bits per heavy atom. The standard InChI is InChI=1S/C26H27N3O6S2/c1-4-35-24(33)11-5-7-12(8-6-11)27-15(30)10-29-22(31)16-13-9-14(17(16)23(29)32)19-18(13)26(2,3)20-21(36-19)28-25(34)37-20/h5-8,13-14,16-19H,4,9-10H2,1-3H3,(H,27,30)(H,28,34)/t13-,14+,16-,17+,18-,19-/m0/s1. The lowest BCUT2D eigenvalue weighted by molar-refractivity contribution is -0.143. The summed E-state index contributed by atoms with van der Waals surface area (Å²) in [6.45, 7) is 5.94. The van der Waals surface area contributed by atoms with Crippen LogP contribution in [0.2, 0.25) is 0 Å². The number of carbonyl (C=O) groups is 4. The maximum atomic E-state index is 13.5. The normalized spacial score (nSPS) is 30.6. The quantitative estimate of drug-likeness (QED) is 0.440. The number of ether oxygens (including phenoxy) is 1. The van der Waals surface area contributed by atoms with E-state index in [2.05, 4.69) is 24.1 Å². The van der Waals surface area contributed by atoms with Gasteiger partial charge in [-0.1, -0.05) is 25.2 Å². The number of rotatable bonds is 5. The highest BCUT2D eigenvalue weighted by Gasteiger charge is 2.70. The Hall–Kier alpha value is -2.92. The minimum atomic E-state index is -0.468. The van der Waals surface area contributed by atoms with Crippen LogP contribution < -0.4 is 10.2 Å². The number of imide groups is 1. The average Bonchev–Trinajstić information content (AvgIpc) is 3.58. The number of likely N-dealkylation sites (tertiary alicyclic amines) is 1. The van der Waals surface area contributed by atoms with Gasteiger partial charge in [-0.25, -0.2) is 4.79 Å². The third kappa shape index (κ3) is 3.61. The van der Waals surface area contributed by atoms with Crippen LogP contribution in [0, 0.1) is 29.6 Å². The Morgan fingerprint density at radius 3 is 2.46 bits per heavy atom. The van der Waals surface area contributed by atoms with Gasteiger partial charge in [-0.2, -0.15) is 0 Å². The van der Waals surface area contributed by atoms with Crippen molar-refractivity contribution in [2.75, 3.05) is 18.5 Å². The first-order valence-electron chi connectivity index (χ1n) is 12.4. The molecule has 3 amide bonds. The number of aromatic nitrogens is 1. The van der Waals surface area contributed by atoms with Crippen LogP contribution in [-0.2, 0) is 24.5 Å². The maximum Gasteiger partial charge on any atom is 0.338 e. The molecule has 3 heterocycles. The van der Waals surface area contributed by atoms with E-state index in [0.29, 0.717) is 11.3 Å². The number of hydrogen-bond acceptors (Lipinski definition) is 8. The van der Waals surface area contributed by atoms with Crippen LogP contribution in [0.5, 0.6) is 0 Å². The van der Waals surface area contributed by atoms with Gasteiger partial charge in [-0.15, -0.1) is 11.8 Å². The number of thiazole rings is 1. The molecule has 1 aromatic carbocycles. The number of nitrogens with zero attached hydrogens (tertiary/aromatic N) is 1. The van der Waals surface area contributed by atoms with Gasteiger partial charge >= 0.3 is 10.8 Å². The van der Waals surface area contributed by atoms with Crippen molar-refractivity contribution in [2.45, 2.75) is 42.9 Å². The topological polar surface area (TPSA) is 126 Å². The lowest BCUT2D eigenvalue weighted by atomic mass is 9.64. The predicted molar refractivity (Wildman–Crippen MR) is 137 cm³/mol. The first-order chi connectivity index (χ1) is 17.6. The summed E-state index contributed by atoms with van der Waals surface area (Å²) in [7, 11) is 0. The van der Waals surface area contributed by atoms with Crippen LogP contribution in [-0.4, -0.2) is 52.0 Å². The second-order valence-corrected chi connectivity index (χ2v) is 12.9.